The molecule has 0 bridgehead atoms. The van der Waals surface area contributed by atoms with Crippen LogP contribution in [0.1, 0.15) is 0 Å². The van der Waals surface area contributed by atoms with E-state index in [4.69, 9.17) is 14.2 Å². The molecule has 0 aromatic carbocycles. The van der Waals surface area contributed by atoms with Crippen LogP contribution in [0.4, 0.5) is 0 Å². The molecule has 2 atom stereocenters. The second kappa shape index (κ2) is 6.08. The number of carbonyl (C=O) groups is 2. The Labute approximate surface area is 117 Å². The predicted octanol–water partition coefficient (Wildman–Crippen LogP) is -6.66. The quantitative estimate of drug-likeness (QED) is 0.325. The first-order valence-electron chi connectivity index (χ1n) is 3.25. The summed E-state index contributed by atoms with van der Waals surface area (Å²) < 4.78 is 58.6. The number of carbonyl (C=O) groups excluding carboxylic acids is 1. The van der Waals surface area contributed by atoms with E-state index in [1.807, 2.05) is 0 Å². The van der Waals surface area contributed by atoms with Crippen molar-refractivity contribution in [1.29, 1.82) is 0 Å². The van der Waals surface area contributed by atoms with Crippen molar-refractivity contribution in [2.45, 2.75) is 10.5 Å². The van der Waals surface area contributed by atoms with Crippen molar-refractivity contribution in [2.24, 2.45) is 0 Å². The summed E-state index contributed by atoms with van der Waals surface area (Å²) in [5.74, 6) is -5.14. The van der Waals surface area contributed by atoms with Crippen LogP contribution in [0.5, 0.6) is 0 Å². The molecule has 0 aromatic heterocycles. The van der Waals surface area contributed by atoms with Gasteiger partial charge in [0.25, 0.3) is 20.2 Å². The molecular formula is C4H5NaO10S2. The molecule has 0 saturated carbocycles. The van der Waals surface area contributed by atoms with E-state index in [9.17, 15) is 31.5 Å². The minimum Gasteiger partial charge on any atom is -0.549 e. The molecule has 0 rings (SSSR count). The summed E-state index contributed by atoms with van der Waals surface area (Å²) in [6.07, 6.45) is 0. The molecule has 2 unspecified atom stereocenters. The van der Waals surface area contributed by atoms with E-state index in [2.05, 4.69) is 0 Å². The third-order valence-corrected chi connectivity index (χ3v) is 3.79. The van der Waals surface area contributed by atoms with E-state index >= 15 is 0 Å². The monoisotopic (exact) mass is 300 g/mol. The normalized spacial score (nSPS) is 15.4. The van der Waals surface area contributed by atoms with Crippen LogP contribution in [0.25, 0.3) is 0 Å². The van der Waals surface area contributed by atoms with Crippen molar-refractivity contribution in [2.75, 3.05) is 0 Å². The molecule has 0 amide bonds. The van der Waals surface area contributed by atoms with Gasteiger partial charge in [0.05, 0.1) is 5.97 Å². The Morgan fingerprint density at radius 1 is 0.941 bits per heavy atom. The molecule has 10 nitrogen and oxygen atoms in total. The van der Waals surface area contributed by atoms with E-state index in [0.717, 1.165) is 0 Å². The number of carboxylic acids is 2. The fourth-order valence-corrected chi connectivity index (χ4v) is 3.01. The zero-order chi connectivity index (χ0) is 13.3. The fourth-order valence-electron chi connectivity index (χ4n) is 0.814. The van der Waals surface area contributed by atoms with Gasteiger partial charge < -0.3 is 15.0 Å². The fraction of sp³-hybridized carbons (Fsp3) is 0.500. The topological polar surface area (TPSA) is 186 Å². The molecule has 0 radical (unpaired) electrons. The van der Waals surface area contributed by atoms with Crippen LogP contribution in [-0.2, 0) is 29.8 Å². The molecule has 0 fully saturated rings. The average Bonchev–Trinajstić information content (AvgIpc) is 1.92. The SMILES string of the molecule is O=C([O-])C(C(C(=O)O)S(=O)(=O)O)S(=O)(=O)O.[Na+]. The van der Waals surface area contributed by atoms with Crippen molar-refractivity contribution in [1.82, 2.24) is 0 Å². The molecule has 17 heavy (non-hydrogen) atoms. The molecule has 0 aromatic rings. The van der Waals surface area contributed by atoms with Crippen LogP contribution in [-0.4, -0.2) is 53.5 Å². The van der Waals surface area contributed by atoms with E-state index in [0.29, 0.717) is 0 Å². The summed E-state index contributed by atoms with van der Waals surface area (Å²) in [7, 11) is -11.1. The number of rotatable bonds is 5. The van der Waals surface area contributed by atoms with E-state index in [-0.39, 0.29) is 29.6 Å². The van der Waals surface area contributed by atoms with Crippen LogP contribution in [0.3, 0.4) is 0 Å². The zero-order valence-corrected chi connectivity index (χ0v) is 11.8. The summed E-state index contributed by atoms with van der Waals surface area (Å²) in [5, 5.41) is 11.9. The largest absolute Gasteiger partial charge is 1.00 e. The maximum absolute atomic E-state index is 10.5. The van der Waals surface area contributed by atoms with E-state index in [1.165, 1.54) is 0 Å². The average molecular weight is 300 g/mol. The summed E-state index contributed by atoms with van der Waals surface area (Å²) in [4.78, 5) is 20.6. The van der Waals surface area contributed by atoms with Gasteiger partial charge in [0, 0.05) is 0 Å². The van der Waals surface area contributed by atoms with Gasteiger partial charge in [-0.05, 0) is 0 Å². The minimum absolute atomic E-state index is 0. The Bertz CT molecular complexity index is 454. The standard InChI is InChI=1S/C4H6O10S2.Na/c5-3(6)1(15(9,10)11)2(4(7)8)16(12,13)14;/h1-2H,(H,5,6)(H,7,8)(H,9,10,11)(H,12,13,14);/q;+1/p-1. The Kier molecular flexibility index (Phi) is 6.84. The van der Waals surface area contributed by atoms with Crippen molar-refractivity contribution in [3.05, 3.63) is 0 Å². The molecule has 0 aliphatic rings. The molecule has 13 heteroatoms. The molecule has 0 aliphatic carbocycles. The van der Waals surface area contributed by atoms with Gasteiger partial charge in [-0.3, -0.25) is 13.9 Å². The molecule has 3 N–H and O–H groups in total. The van der Waals surface area contributed by atoms with Crippen molar-refractivity contribution in [3.8, 4) is 0 Å². The van der Waals surface area contributed by atoms with E-state index < -0.39 is 42.7 Å². The van der Waals surface area contributed by atoms with Gasteiger partial charge in [-0.15, -0.1) is 0 Å². The van der Waals surface area contributed by atoms with Gasteiger partial charge in [-0.1, -0.05) is 0 Å². The van der Waals surface area contributed by atoms with Gasteiger partial charge in [0.1, 0.15) is 0 Å². The van der Waals surface area contributed by atoms with Crippen LogP contribution < -0.4 is 34.7 Å². The first-order chi connectivity index (χ1) is 6.89. The van der Waals surface area contributed by atoms with Crippen LogP contribution in [0.15, 0.2) is 0 Å². The first kappa shape index (κ1) is 19.1. The van der Waals surface area contributed by atoms with Crippen LogP contribution >= 0.6 is 0 Å². The molecule has 0 heterocycles. The Hall–Kier alpha value is -0.240. The molecule has 94 valence electrons. The maximum Gasteiger partial charge on any atom is 1.00 e. The number of hydrogen-bond acceptors (Lipinski definition) is 7. The zero-order valence-electron chi connectivity index (χ0n) is 8.17. The molecule has 0 aliphatic heterocycles. The summed E-state index contributed by atoms with van der Waals surface area (Å²) in [6.45, 7) is 0. The molecule has 0 saturated heterocycles. The van der Waals surface area contributed by atoms with Crippen LogP contribution in [0.2, 0.25) is 0 Å². The molecular weight excluding hydrogens is 295 g/mol. The maximum atomic E-state index is 10.5. The van der Waals surface area contributed by atoms with Gasteiger partial charge in [0.2, 0.25) is 5.25 Å². The Balaban J connectivity index is 0. The van der Waals surface area contributed by atoms with Gasteiger partial charge >= 0.3 is 35.5 Å². The van der Waals surface area contributed by atoms with E-state index in [1.54, 1.807) is 0 Å². The van der Waals surface area contributed by atoms with Crippen molar-refractivity contribution >= 4 is 32.2 Å². The molecule has 0 spiro atoms. The third kappa shape index (κ3) is 5.29. The summed E-state index contributed by atoms with van der Waals surface area (Å²) >= 11 is 0. The van der Waals surface area contributed by atoms with Crippen molar-refractivity contribution in [3.63, 3.8) is 0 Å². The smallest absolute Gasteiger partial charge is 0.549 e. The third-order valence-electron chi connectivity index (χ3n) is 1.39. The van der Waals surface area contributed by atoms with Gasteiger partial charge in [0.15, 0.2) is 5.25 Å². The van der Waals surface area contributed by atoms with Gasteiger partial charge in [-0.25, -0.2) is 0 Å². The summed E-state index contributed by atoms with van der Waals surface area (Å²) in [6, 6.07) is 0. The van der Waals surface area contributed by atoms with Crippen LogP contribution in [0, 0.1) is 0 Å². The Morgan fingerprint density at radius 2 is 1.24 bits per heavy atom. The van der Waals surface area contributed by atoms with Crippen molar-refractivity contribution < 1.29 is 75.3 Å². The minimum atomic E-state index is -5.57. The second-order valence-corrected chi connectivity index (χ2v) is 5.60. The second-order valence-electron chi connectivity index (χ2n) is 2.53. The number of aliphatic carboxylic acids is 2. The summed E-state index contributed by atoms with van der Waals surface area (Å²) in [5.41, 5.74) is 0. The first-order valence-corrected chi connectivity index (χ1v) is 6.26. The van der Waals surface area contributed by atoms with Gasteiger partial charge in [-0.2, -0.15) is 16.8 Å². The predicted molar refractivity (Wildman–Crippen MR) is 43.3 cm³/mol. The number of hydrogen-bond donors (Lipinski definition) is 3. The Morgan fingerprint density at radius 3 is 1.29 bits per heavy atom. The number of carboxylic acid groups (broad SMARTS) is 2.